The van der Waals surface area contributed by atoms with Crippen LogP contribution in [0.25, 0.3) is 27.2 Å². The third kappa shape index (κ3) is 1.75. The minimum atomic E-state index is 0.288. The minimum Gasteiger partial charge on any atom is -0.454 e. The van der Waals surface area contributed by atoms with Gasteiger partial charge in [0.1, 0.15) is 0 Å². The van der Waals surface area contributed by atoms with Gasteiger partial charge in [-0.05, 0) is 35.7 Å². The van der Waals surface area contributed by atoms with Gasteiger partial charge in [0.2, 0.25) is 6.79 Å². The summed E-state index contributed by atoms with van der Waals surface area (Å²) in [4.78, 5) is 0. The minimum absolute atomic E-state index is 0.288. The molecule has 0 N–H and O–H groups in total. The van der Waals surface area contributed by atoms with Crippen molar-refractivity contribution in [1.29, 1.82) is 0 Å². The summed E-state index contributed by atoms with van der Waals surface area (Å²) in [6.45, 7) is 0.843. The largest absolute Gasteiger partial charge is 0.454 e. The van der Waals surface area contributed by atoms with E-state index in [9.17, 15) is 0 Å². The van der Waals surface area contributed by atoms with Crippen LogP contribution in [0.5, 0.6) is 11.5 Å². The van der Waals surface area contributed by atoms with Crippen molar-refractivity contribution in [3.63, 3.8) is 0 Å². The van der Waals surface area contributed by atoms with Gasteiger partial charge in [-0.1, -0.05) is 18.2 Å². The molecule has 0 bridgehead atoms. The highest BCUT2D eigenvalue weighted by atomic mass is 16.7. The van der Waals surface area contributed by atoms with E-state index in [1.165, 1.54) is 10.9 Å². The molecule has 4 aromatic rings. The smallest absolute Gasteiger partial charge is 0.231 e. The van der Waals surface area contributed by atoms with E-state index in [-0.39, 0.29) is 6.79 Å². The van der Waals surface area contributed by atoms with Gasteiger partial charge in [-0.25, -0.2) is 0 Å². The molecule has 3 heterocycles. The van der Waals surface area contributed by atoms with Crippen molar-refractivity contribution in [3.8, 4) is 11.5 Å². The second-order valence-electron chi connectivity index (χ2n) is 5.79. The molecule has 23 heavy (non-hydrogen) atoms. The molecule has 4 heteroatoms. The van der Waals surface area contributed by atoms with Gasteiger partial charge in [0.15, 0.2) is 11.5 Å². The quantitative estimate of drug-likeness (QED) is 0.558. The lowest BCUT2D eigenvalue weighted by Gasteiger charge is -2.11. The molecule has 0 amide bonds. The first kappa shape index (κ1) is 12.8. The van der Waals surface area contributed by atoms with Crippen LogP contribution in [-0.4, -0.2) is 18.3 Å². The van der Waals surface area contributed by atoms with E-state index in [0.717, 1.165) is 33.5 Å². The first-order chi connectivity index (χ1) is 11.3. The van der Waals surface area contributed by atoms with Gasteiger partial charge in [-0.3, -0.25) is 0 Å². The lowest BCUT2D eigenvalue weighted by molar-refractivity contribution is 0.174. The number of nitrogens with zero attached hydrogens (tertiary/aromatic N) is 1. The summed E-state index contributed by atoms with van der Waals surface area (Å²) >= 11 is 0. The Morgan fingerprint density at radius 1 is 0.957 bits per heavy atom. The van der Waals surface area contributed by atoms with Crippen LogP contribution in [0.1, 0.15) is 5.69 Å². The number of fused-ring (bicyclic) bond motifs is 6. The Hall–Kier alpha value is -2.72. The van der Waals surface area contributed by atoms with E-state index in [0.29, 0.717) is 6.61 Å². The normalized spacial score (nSPS) is 13.4. The molecular weight excluding hydrogens is 290 g/mol. The summed E-state index contributed by atoms with van der Waals surface area (Å²) < 4.78 is 18.8. The average molecular weight is 305 g/mol. The van der Waals surface area contributed by atoms with Crippen molar-refractivity contribution < 1.29 is 14.2 Å². The van der Waals surface area contributed by atoms with E-state index in [4.69, 9.17) is 14.2 Å². The van der Waals surface area contributed by atoms with Gasteiger partial charge in [0, 0.05) is 23.6 Å². The fourth-order valence-corrected chi connectivity index (χ4v) is 3.46. The van der Waals surface area contributed by atoms with E-state index in [1.54, 1.807) is 7.11 Å². The molecule has 2 aromatic heterocycles. The number of pyridine rings is 1. The monoisotopic (exact) mass is 305 g/mol. The molecule has 0 unspecified atom stereocenters. The number of hydrogen-bond donors (Lipinski definition) is 0. The number of para-hydroxylation sites is 1. The van der Waals surface area contributed by atoms with Crippen molar-refractivity contribution >= 4 is 27.2 Å². The molecule has 0 radical (unpaired) electrons. The summed E-state index contributed by atoms with van der Waals surface area (Å²) in [5.41, 5.74) is 3.47. The van der Waals surface area contributed by atoms with Crippen LogP contribution >= 0.6 is 0 Å². The van der Waals surface area contributed by atoms with Crippen LogP contribution in [0, 0.1) is 0 Å². The molecule has 0 fully saturated rings. The Bertz CT molecular complexity index is 1060. The van der Waals surface area contributed by atoms with Gasteiger partial charge in [0.25, 0.3) is 0 Å². The Balaban J connectivity index is 1.98. The first-order valence-corrected chi connectivity index (χ1v) is 7.59. The average Bonchev–Trinajstić information content (AvgIpc) is 3.17. The summed E-state index contributed by atoms with van der Waals surface area (Å²) in [7, 11) is 1.72. The molecule has 0 aliphatic carbocycles. The van der Waals surface area contributed by atoms with Crippen LogP contribution in [0.15, 0.2) is 48.5 Å². The van der Waals surface area contributed by atoms with E-state index < -0.39 is 0 Å². The second-order valence-corrected chi connectivity index (χ2v) is 5.79. The topological polar surface area (TPSA) is 32.1 Å². The lowest BCUT2D eigenvalue weighted by Crippen LogP contribution is -1.99. The highest BCUT2D eigenvalue weighted by molar-refractivity contribution is 6.04. The zero-order valence-corrected chi connectivity index (χ0v) is 12.7. The number of methoxy groups -OCH3 is 1. The van der Waals surface area contributed by atoms with Crippen molar-refractivity contribution in [2.24, 2.45) is 0 Å². The Kier molecular flexibility index (Phi) is 2.58. The fourth-order valence-electron chi connectivity index (χ4n) is 3.46. The zero-order chi connectivity index (χ0) is 15.4. The maximum atomic E-state index is 5.55. The molecule has 114 valence electrons. The van der Waals surface area contributed by atoms with Crippen molar-refractivity contribution in [1.82, 2.24) is 4.40 Å². The maximum Gasteiger partial charge on any atom is 0.231 e. The van der Waals surface area contributed by atoms with E-state index in [1.807, 2.05) is 0 Å². The zero-order valence-electron chi connectivity index (χ0n) is 12.7. The van der Waals surface area contributed by atoms with Crippen LogP contribution in [-0.2, 0) is 11.3 Å². The molecule has 1 aliphatic rings. The lowest BCUT2D eigenvalue weighted by atomic mass is 10.1. The van der Waals surface area contributed by atoms with Crippen molar-refractivity contribution in [2.45, 2.75) is 6.61 Å². The van der Waals surface area contributed by atoms with Crippen molar-refractivity contribution in [2.75, 3.05) is 13.9 Å². The van der Waals surface area contributed by atoms with Gasteiger partial charge in [0.05, 0.1) is 17.6 Å². The maximum absolute atomic E-state index is 5.55. The van der Waals surface area contributed by atoms with Crippen LogP contribution in [0.4, 0.5) is 0 Å². The molecule has 0 atom stereocenters. The first-order valence-electron chi connectivity index (χ1n) is 7.59. The molecule has 1 aliphatic heterocycles. The third-order valence-electron chi connectivity index (χ3n) is 4.43. The Morgan fingerprint density at radius 3 is 2.65 bits per heavy atom. The van der Waals surface area contributed by atoms with Crippen LogP contribution < -0.4 is 9.47 Å². The predicted molar refractivity (Wildman–Crippen MR) is 89.2 cm³/mol. The summed E-state index contributed by atoms with van der Waals surface area (Å²) in [6.07, 6.45) is 0. The molecule has 4 nitrogen and oxygen atoms in total. The number of aromatic nitrogens is 1. The van der Waals surface area contributed by atoms with Crippen LogP contribution in [0.3, 0.4) is 0 Å². The summed E-state index contributed by atoms with van der Waals surface area (Å²) in [5, 5.41) is 3.51. The van der Waals surface area contributed by atoms with Gasteiger partial charge < -0.3 is 18.6 Å². The van der Waals surface area contributed by atoms with Gasteiger partial charge in [-0.2, -0.15) is 0 Å². The summed E-state index contributed by atoms with van der Waals surface area (Å²) in [5.74, 6) is 1.62. The van der Waals surface area contributed by atoms with Gasteiger partial charge in [-0.15, -0.1) is 0 Å². The molecule has 0 saturated heterocycles. The predicted octanol–water partition coefficient (Wildman–Crippen LogP) is 4.12. The van der Waals surface area contributed by atoms with Gasteiger partial charge >= 0.3 is 0 Å². The third-order valence-corrected chi connectivity index (χ3v) is 4.43. The number of benzene rings is 2. The molecule has 5 rings (SSSR count). The molecule has 0 spiro atoms. The van der Waals surface area contributed by atoms with E-state index in [2.05, 4.69) is 52.9 Å². The Labute approximate surface area is 132 Å². The standard InChI is InChI=1S/C19H15NO3/c1-21-10-14-6-13-8-18-19(23-11-22-18)9-15(13)17-7-12-4-2-3-5-16(12)20(14)17/h2-9H,10-11H2,1H3. The molecular formula is C19H15NO3. The number of hydrogen-bond acceptors (Lipinski definition) is 3. The van der Waals surface area contributed by atoms with E-state index >= 15 is 0 Å². The SMILES string of the molecule is COCc1cc2cc3c(cc2c2cc4ccccc4n12)OCO3. The number of rotatable bonds is 2. The molecule has 2 aromatic carbocycles. The Morgan fingerprint density at radius 2 is 1.78 bits per heavy atom. The van der Waals surface area contributed by atoms with Crippen molar-refractivity contribution in [3.05, 3.63) is 54.2 Å². The summed E-state index contributed by atoms with van der Waals surface area (Å²) in [6, 6.07) is 16.9. The second kappa shape index (κ2) is 4.64. The number of ether oxygens (including phenoxy) is 3. The fraction of sp³-hybridized carbons (Fsp3) is 0.158. The van der Waals surface area contributed by atoms with Crippen LogP contribution in [0.2, 0.25) is 0 Å². The molecule has 0 saturated carbocycles. The highest BCUT2D eigenvalue weighted by Gasteiger charge is 2.17. The highest BCUT2D eigenvalue weighted by Crippen LogP contribution is 2.39.